The molecule has 3 aromatic rings. The molecule has 2 aromatic heterocycles. The number of anilines is 2. The van der Waals surface area contributed by atoms with Crippen molar-refractivity contribution in [2.75, 3.05) is 11.4 Å². The lowest BCUT2D eigenvalue weighted by Crippen LogP contribution is -2.52. The predicted octanol–water partition coefficient (Wildman–Crippen LogP) is 2.21. The Morgan fingerprint density at radius 3 is 2.61 bits per heavy atom. The Kier molecular flexibility index (Phi) is 4.61. The van der Waals surface area contributed by atoms with Gasteiger partial charge in [0, 0.05) is 19.5 Å². The van der Waals surface area contributed by atoms with Crippen molar-refractivity contribution in [1.82, 2.24) is 14.1 Å². The van der Waals surface area contributed by atoms with Crippen LogP contribution in [0.2, 0.25) is 0 Å². The van der Waals surface area contributed by atoms with Crippen molar-refractivity contribution in [2.45, 2.75) is 46.7 Å². The third kappa shape index (κ3) is 2.85. The molecule has 0 aliphatic carbocycles. The molecule has 7 heteroatoms. The van der Waals surface area contributed by atoms with Crippen molar-refractivity contribution in [3.8, 4) is 0 Å². The summed E-state index contributed by atoms with van der Waals surface area (Å²) in [7, 11) is 1.73. The standard InChI is InChI=1S/C21H27N5O2/c1-5-6-11-24-19(27)17-18(23(4)21(24)28)22-20-25(12-15(3)13-26(17)20)16-9-7-14(2)8-10-16/h7-10,15H,5-6,11-13H2,1-4H3/p+1/t15-/m1/s1. The number of unbranched alkanes of at least 4 members (excludes halogenated alkanes) is 1. The van der Waals surface area contributed by atoms with Gasteiger partial charge in [0.1, 0.15) is 5.69 Å². The molecule has 1 N–H and O–H groups in total. The number of H-pyrrole nitrogens is 1. The second-order valence-corrected chi connectivity index (χ2v) is 7.96. The topological polar surface area (TPSA) is 66.9 Å². The van der Waals surface area contributed by atoms with Crippen LogP contribution in [0.3, 0.4) is 0 Å². The number of aromatic nitrogens is 4. The summed E-state index contributed by atoms with van der Waals surface area (Å²) in [4.78, 5) is 31.6. The van der Waals surface area contributed by atoms with E-state index in [-0.39, 0.29) is 11.2 Å². The van der Waals surface area contributed by atoms with Crippen LogP contribution in [-0.2, 0) is 20.1 Å². The molecule has 1 aliphatic heterocycles. The summed E-state index contributed by atoms with van der Waals surface area (Å²) >= 11 is 0. The molecule has 1 aromatic carbocycles. The molecule has 0 spiro atoms. The molecule has 3 heterocycles. The molecule has 1 aliphatic rings. The second-order valence-electron chi connectivity index (χ2n) is 7.96. The maximum atomic E-state index is 13.2. The van der Waals surface area contributed by atoms with Gasteiger partial charge in [-0.05, 0) is 25.5 Å². The normalized spacial score (nSPS) is 16.6. The van der Waals surface area contributed by atoms with Crippen molar-refractivity contribution in [1.29, 1.82) is 0 Å². The minimum absolute atomic E-state index is 0.202. The Hall–Kier alpha value is -2.83. The minimum Gasteiger partial charge on any atom is -0.267 e. The number of nitrogens with zero attached hydrogens (tertiary/aromatic N) is 4. The average molecular weight is 382 g/mol. The van der Waals surface area contributed by atoms with Gasteiger partial charge in [-0.3, -0.25) is 13.9 Å². The van der Waals surface area contributed by atoms with Gasteiger partial charge in [-0.25, -0.2) is 19.2 Å². The average Bonchev–Trinajstić information content (AvgIpc) is 3.06. The maximum Gasteiger partial charge on any atom is 0.364 e. The summed E-state index contributed by atoms with van der Waals surface area (Å²) < 4.78 is 4.99. The van der Waals surface area contributed by atoms with E-state index in [1.165, 1.54) is 10.1 Å². The van der Waals surface area contributed by atoms with Crippen molar-refractivity contribution >= 4 is 22.8 Å². The lowest BCUT2D eigenvalue weighted by molar-refractivity contribution is -0.669. The predicted molar refractivity (Wildman–Crippen MR) is 110 cm³/mol. The smallest absolute Gasteiger partial charge is 0.267 e. The summed E-state index contributed by atoms with van der Waals surface area (Å²) in [6.07, 6.45) is 1.74. The van der Waals surface area contributed by atoms with Gasteiger partial charge in [-0.15, -0.1) is 0 Å². The van der Waals surface area contributed by atoms with Gasteiger partial charge in [0.25, 0.3) is 5.56 Å². The number of aromatic amines is 1. The molecule has 7 nitrogen and oxygen atoms in total. The number of hydrogen-bond acceptors (Lipinski definition) is 3. The van der Waals surface area contributed by atoms with Gasteiger partial charge in [-0.2, -0.15) is 0 Å². The molecule has 0 radical (unpaired) electrons. The van der Waals surface area contributed by atoms with Crippen LogP contribution >= 0.6 is 0 Å². The molecule has 28 heavy (non-hydrogen) atoms. The van der Waals surface area contributed by atoms with Crippen molar-refractivity contribution < 1.29 is 4.57 Å². The highest BCUT2D eigenvalue weighted by atomic mass is 16.2. The Morgan fingerprint density at radius 1 is 1.21 bits per heavy atom. The number of aryl methyl sites for hydroxylation is 2. The van der Waals surface area contributed by atoms with Crippen LogP contribution in [0, 0.1) is 12.8 Å². The van der Waals surface area contributed by atoms with Crippen molar-refractivity contribution in [3.05, 3.63) is 50.7 Å². The third-order valence-electron chi connectivity index (χ3n) is 5.61. The molecular formula is C21H28N5O2+. The molecular weight excluding hydrogens is 354 g/mol. The van der Waals surface area contributed by atoms with E-state index in [1.54, 1.807) is 11.6 Å². The van der Waals surface area contributed by atoms with E-state index < -0.39 is 0 Å². The highest BCUT2D eigenvalue weighted by Crippen LogP contribution is 2.28. The molecule has 0 saturated heterocycles. The van der Waals surface area contributed by atoms with E-state index in [0.29, 0.717) is 23.6 Å². The first-order valence-electron chi connectivity index (χ1n) is 10.0. The monoisotopic (exact) mass is 382 g/mol. The van der Waals surface area contributed by atoms with Gasteiger partial charge >= 0.3 is 11.6 Å². The Labute approximate surface area is 163 Å². The summed E-state index contributed by atoms with van der Waals surface area (Å²) in [6, 6.07) is 8.38. The highest BCUT2D eigenvalue weighted by molar-refractivity contribution is 5.70. The summed E-state index contributed by atoms with van der Waals surface area (Å²) in [5, 5.41) is 0. The summed E-state index contributed by atoms with van der Waals surface area (Å²) in [5.74, 6) is 1.23. The van der Waals surface area contributed by atoms with Crippen LogP contribution in [0.25, 0.3) is 11.2 Å². The fourth-order valence-electron chi connectivity index (χ4n) is 4.04. The molecule has 0 unspecified atom stereocenters. The van der Waals surface area contributed by atoms with Crippen LogP contribution in [0.1, 0.15) is 32.3 Å². The van der Waals surface area contributed by atoms with E-state index in [2.05, 4.69) is 54.9 Å². The Bertz CT molecular complexity index is 1140. The zero-order valence-electron chi connectivity index (χ0n) is 17.0. The number of fused-ring (bicyclic) bond motifs is 3. The Morgan fingerprint density at radius 2 is 1.93 bits per heavy atom. The first-order chi connectivity index (χ1) is 13.4. The lowest BCUT2D eigenvalue weighted by Gasteiger charge is -2.26. The van der Waals surface area contributed by atoms with Gasteiger partial charge < -0.3 is 0 Å². The maximum absolute atomic E-state index is 13.2. The zero-order valence-corrected chi connectivity index (χ0v) is 17.0. The molecule has 1 atom stereocenters. The molecule has 0 saturated carbocycles. The Balaban J connectivity index is 1.96. The first-order valence-corrected chi connectivity index (χ1v) is 10.0. The van der Waals surface area contributed by atoms with E-state index in [0.717, 1.165) is 37.6 Å². The fraction of sp³-hybridized carbons (Fsp3) is 0.476. The summed E-state index contributed by atoms with van der Waals surface area (Å²) in [5.41, 5.74) is 2.99. The molecule has 0 bridgehead atoms. The van der Waals surface area contributed by atoms with Crippen LogP contribution in [0.4, 0.5) is 11.6 Å². The fourth-order valence-corrected chi connectivity index (χ4v) is 4.04. The largest absolute Gasteiger partial charge is 0.364 e. The number of imidazole rings is 1. The SMILES string of the molecule is CCCCn1c(=O)c2c([nH]c3[n+]2C[C@H](C)CN3c2ccc(C)cc2)n(C)c1=O. The number of hydrogen-bond donors (Lipinski definition) is 1. The lowest BCUT2D eigenvalue weighted by atomic mass is 10.1. The van der Waals surface area contributed by atoms with Gasteiger partial charge in [0.15, 0.2) is 0 Å². The van der Waals surface area contributed by atoms with E-state index in [9.17, 15) is 9.59 Å². The van der Waals surface area contributed by atoms with Crippen LogP contribution in [-0.4, -0.2) is 20.7 Å². The van der Waals surface area contributed by atoms with Crippen molar-refractivity contribution in [2.24, 2.45) is 13.0 Å². The first kappa shape index (κ1) is 18.5. The molecule has 148 valence electrons. The minimum atomic E-state index is -0.264. The number of rotatable bonds is 4. The van der Waals surface area contributed by atoms with Crippen LogP contribution in [0.5, 0.6) is 0 Å². The zero-order chi connectivity index (χ0) is 20.0. The number of nitrogens with one attached hydrogen (secondary N) is 1. The molecule has 0 amide bonds. The van der Waals surface area contributed by atoms with Crippen LogP contribution in [0.15, 0.2) is 33.9 Å². The molecule has 0 fully saturated rings. The number of benzene rings is 1. The third-order valence-corrected chi connectivity index (χ3v) is 5.61. The van der Waals surface area contributed by atoms with Gasteiger partial charge in [0.2, 0.25) is 11.2 Å². The molecule has 4 rings (SSSR count). The van der Waals surface area contributed by atoms with E-state index >= 15 is 0 Å². The van der Waals surface area contributed by atoms with Crippen LogP contribution < -0.4 is 20.7 Å². The van der Waals surface area contributed by atoms with E-state index in [1.807, 2.05) is 4.57 Å². The summed E-state index contributed by atoms with van der Waals surface area (Å²) in [6.45, 7) is 8.37. The van der Waals surface area contributed by atoms with Crippen molar-refractivity contribution in [3.63, 3.8) is 0 Å². The highest BCUT2D eigenvalue weighted by Gasteiger charge is 2.35. The van der Waals surface area contributed by atoms with Gasteiger partial charge in [-0.1, -0.05) is 38.0 Å². The van der Waals surface area contributed by atoms with E-state index in [4.69, 9.17) is 0 Å². The quantitative estimate of drug-likeness (QED) is 0.704. The second kappa shape index (κ2) is 6.96. The van der Waals surface area contributed by atoms with Gasteiger partial charge in [0.05, 0.1) is 13.1 Å².